The number of esters is 3. The van der Waals surface area contributed by atoms with E-state index in [4.69, 9.17) is 23.4 Å². The highest BCUT2D eigenvalue weighted by molar-refractivity contribution is 5.90. The fourth-order valence-electron chi connectivity index (χ4n) is 3.19. The third-order valence-electron chi connectivity index (χ3n) is 4.53. The lowest BCUT2D eigenvalue weighted by atomic mass is 10.0. The minimum Gasteiger partial charge on any atom is -0.427 e. The molecule has 0 radical (unpaired) electrons. The molecule has 0 saturated carbocycles. The Hall–Kier alpha value is -4.40. The molecule has 0 aliphatic carbocycles. The Balaban J connectivity index is 2.14. The SMILES string of the molecule is CC(=O)Oc1ccc(Oc2cc(=O)c3c(OC(C)=O)c(CC=C(C)C)c(OC(C)=O)cc3o2)cc1. The van der Waals surface area contributed by atoms with Gasteiger partial charge in [-0.1, -0.05) is 11.6 Å². The summed E-state index contributed by atoms with van der Waals surface area (Å²) >= 11 is 0. The van der Waals surface area contributed by atoms with Gasteiger partial charge in [0.25, 0.3) is 5.95 Å². The summed E-state index contributed by atoms with van der Waals surface area (Å²) in [6, 6.07) is 8.59. The van der Waals surface area contributed by atoms with E-state index in [0.29, 0.717) is 17.1 Å². The van der Waals surface area contributed by atoms with Crippen molar-refractivity contribution < 1.29 is 37.7 Å². The standard InChI is InChI=1S/C26H24O9/c1-14(2)6-11-20-22(32-16(4)28)13-23-25(26(20)33-17(5)29)21(30)12-24(35-23)34-19-9-7-18(8-10-19)31-15(3)27/h6-10,12-13H,11H2,1-5H3. The van der Waals surface area contributed by atoms with E-state index >= 15 is 0 Å². The van der Waals surface area contributed by atoms with E-state index < -0.39 is 23.3 Å². The number of hydrogen-bond donors (Lipinski definition) is 0. The van der Waals surface area contributed by atoms with Gasteiger partial charge in [-0.3, -0.25) is 19.2 Å². The van der Waals surface area contributed by atoms with E-state index in [-0.39, 0.29) is 34.8 Å². The van der Waals surface area contributed by atoms with Crippen molar-refractivity contribution >= 4 is 28.9 Å². The molecule has 35 heavy (non-hydrogen) atoms. The van der Waals surface area contributed by atoms with Crippen LogP contribution < -0.4 is 24.4 Å². The van der Waals surface area contributed by atoms with Crippen molar-refractivity contribution in [3.63, 3.8) is 0 Å². The van der Waals surface area contributed by atoms with Gasteiger partial charge in [-0.25, -0.2) is 0 Å². The molecule has 0 aliphatic heterocycles. The van der Waals surface area contributed by atoms with E-state index in [1.807, 2.05) is 19.9 Å². The van der Waals surface area contributed by atoms with Crippen LogP contribution in [0.5, 0.6) is 28.9 Å². The Kier molecular flexibility index (Phi) is 7.70. The van der Waals surface area contributed by atoms with Gasteiger partial charge < -0.3 is 23.4 Å². The summed E-state index contributed by atoms with van der Waals surface area (Å²) in [5, 5.41) is 0.00538. The number of carbonyl (C=O) groups excluding carboxylic acids is 3. The lowest BCUT2D eigenvalue weighted by molar-refractivity contribution is -0.133. The summed E-state index contributed by atoms with van der Waals surface area (Å²) in [6.45, 7) is 7.49. The molecule has 1 heterocycles. The molecule has 0 N–H and O–H groups in total. The van der Waals surface area contributed by atoms with Gasteiger partial charge in [-0.15, -0.1) is 0 Å². The minimum absolute atomic E-state index is 0.00233. The second-order valence-electron chi connectivity index (χ2n) is 7.83. The molecule has 0 saturated heterocycles. The fourth-order valence-corrected chi connectivity index (χ4v) is 3.19. The van der Waals surface area contributed by atoms with Gasteiger partial charge in [-0.2, -0.15) is 0 Å². The highest BCUT2D eigenvalue weighted by Crippen LogP contribution is 2.38. The van der Waals surface area contributed by atoms with Crippen LogP contribution in [0.2, 0.25) is 0 Å². The number of rotatable bonds is 7. The molecule has 0 atom stereocenters. The summed E-state index contributed by atoms with van der Waals surface area (Å²) in [5.74, 6) is -1.19. The van der Waals surface area contributed by atoms with Crippen molar-refractivity contribution in [2.75, 3.05) is 0 Å². The number of ether oxygens (including phenoxy) is 4. The predicted molar refractivity (Wildman–Crippen MR) is 126 cm³/mol. The van der Waals surface area contributed by atoms with Crippen molar-refractivity contribution in [1.82, 2.24) is 0 Å². The van der Waals surface area contributed by atoms with Crippen LogP contribution >= 0.6 is 0 Å². The zero-order valence-corrected chi connectivity index (χ0v) is 19.9. The molecule has 0 aliphatic rings. The Labute approximate surface area is 200 Å². The summed E-state index contributed by atoms with van der Waals surface area (Å²) in [4.78, 5) is 47.8. The predicted octanol–water partition coefficient (Wildman–Crippen LogP) is 4.87. The average Bonchev–Trinajstić information content (AvgIpc) is 2.73. The molecule has 0 fully saturated rings. The average molecular weight is 480 g/mol. The lowest BCUT2D eigenvalue weighted by Crippen LogP contribution is -2.12. The maximum Gasteiger partial charge on any atom is 0.308 e. The quantitative estimate of drug-likeness (QED) is 0.265. The number of carbonyl (C=O) groups is 3. The van der Waals surface area contributed by atoms with Gasteiger partial charge in [0.1, 0.15) is 28.2 Å². The third-order valence-corrected chi connectivity index (χ3v) is 4.53. The van der Waals surface area contributed by atoms with Crippen LogP contribution in [-0.2, 0) is 20.8 Å². The normalized spacial score (nSPS) is 10.4. The molecule has 9 heteroatoms. The zero-order chi connectivity index (χ0) is 25.7. The summed E-state index contributed by atoms with van der Waals surface area (Å²) < 4.78 is 27.1. The number of fused-ring (bicyclic) bond motifs is 1. The molecule has 3 rings (SSSR count). The van der Waals surface area contributed by atoms with E-state index in [1.54, 1.807) is 0 Å². The van der Waals surface area contributed by atoms with Gasteiger partial charge in [-0.05, 0) is 44.5 Å². The molecule has 0 bridgehead atoms. The second kappa shape index (κ2) is 10.7. The zero-order valence-electron chi connectivity index (χ0n) is 19.9. The number of allylic oxidation sites excluding steroid dienone is 2. The van der Waals surface area contributed by atoms with Crippen LogP contribution in [0.3, 0.4) is 0 Å². The topological polar surface area (TPSA) is 118 Å². The molecule has 9 nitrogen and oxygen atoms in total. The third kappa shape index (κ3) is 6.57. The second-order valence-corrected chi connectivity index (χ2v) is 7.83. The first-order valence-corrected chi connectivity index (χ1v) is 10.6. The van der Waals surface area contributed by atoms with E-state index in [9.17, 15) is 19.2 Å². The van der Waals surface area contributed by atoms with Crippen LogP contribution in [0, 0.1) is 0 Å². The minimum atomic E-state index is -0.655. The largest absolute Gasteiger partial charge is 0.427 e. The highest BCUT2D eigenvalue weighted by atomic mass is 16.6. The summed E-state index contributed by atoms with van der Waals surface area (Å²) in [5.41, 5.74) is 0.800. The Bertz CT molecular complexity index is 1370. The molecule has 0 amide bonds. The van der Waals surface area contributed by atoms with Crippen molar-refractivity contribution in [2.45, 2.75) is 41.0 Å². The van der Waals surface area contributed by atoms with Crippen LogP contribution in [0.25, 0.3) is 11.0 Å². The maximum absolute atomic E-state index is 13.1. The lowest BCUT2D eigenvalue weighted by Gasteiger charge is -2.15. The van der Waals surface area contributed by atoms with Crippen LogP contribution in [0.4, 0.5) is 0 Å². The summed E-state index contributed by atoms with van der Waals surface area (Å²) in [7, 11) is 0. The Morgan fingerprint density at radius 3 is 2.00 bits per heavy atom. The van der Waals surface area contributed by atoms with Gasteiger partial charge in [0.2, 0.25) is 0 Å². The molecule has 2 aromatic carbocycles. The molecule has 0 spiro atoms. The molecular weight excluding hydrogens is 456 g/mol. The fraction of sp³-hybridized carbons (Fsp3) is 0.231. The number of hydrogen-bond acceptors (Lipinski definition) is 9. The molecule has 182 valence electrons. The van der Waals surface area contributed by atoms with Crippen LogP contribution in [-0.4, -0.2) is 17.9 Å². The van der Waals surface area contributed by atoms with Gasteiger partial charge >= 0.3 is 17.9 Å². The monoisotopic (exact) mass is 480 g/mol. The van der Waals surface area contributed by atoms with Crippen molar-refractivity contribution in [2.24, 2.45) is 0 Å². The maximum atomic E-state index is 13.1. The van der Waals surface area contributed by atoms with E-state index in [0.717, 1.165) is 11.6 Å². The Morgan fingerprint density at radius 1 is 0.829 bits per heavy atom. The van der Waals surface area contributed by atoms with E-state index in [1.165, 1.54) is 51.1 Å². The molecule has 0 unspecified atom stereocenters. The van der Waals surface area contributed by atoms with Crippen LogP contribution in [0.1, 0.15) is 40.2 Å². The summed E-state index contributed by atoms with van der Waals surface area (Å²) in [6.07, 6.45) is 2.09. The van der Waals surface area contributed by atoms with Crippen molar-refractivity contribution in [1.29, 1.82) is 0 Å². The van der Waals surface area contributed by atoms with Gasteiger partial charge in [0, 0.05) is 32.4 Å². The molecular formula is C26H24O9. The van der Waals surface area contributed by atoms with Crippen LogP contribution in [0.15, 0.2) is 57.3 Å². The first kappa shape index (κ1) is 25.2. The first-order valence-electron chi connectivity index (χ1n) is 10.6. The Morgan fingerprint density at radius 2 is 1.43 bits per heavy atom. The smallest absolute Gasteiger partial charge is 0.308 e. The first-order chi connectivity index (χ1) is 16.5. The molecule has 1 aromatic heterocycles. The molecule has 3 aromatic rings. The van der Waals surface area contributed by atoms with Crippen molar-refractivity contribution in [3.8, 4) is 28.9 Å². The highest BCUT2D eigenvalue weighted by Gasteiger charge is 2.22. The van der Waals surface area contributed by atoms with Crippen molar-refractivity contribution in [3.05, 3.63) is 63.8 Å². The number of benzene rings is 2. The van der Waals surface area contributed by atoms with Gasteiger partial charge in [0.15, 0.2) is 11.2 Å². The van der Waals surface area contributed by atoms with Gasteiger partial charge in [0.05, 0.1) is 6.07 Å². The van der Waals surface area contributed by atoms with E-state index in [2.05, 4.69) is 0 Å².